The number of furan rings is 1. The van der Waals surface area contributed by atoms with Gasteiger partial charge in [0.05, 0.1) is 24.0 Å². The number of nitriles is 1. The predicted octanol–water partition coefficient (Wildman–Crippen LogP) is 7.97. The van der Waals surface area contributed by atoms with Crippen molar-refractivity contribution in [3.05, 3.63) is 88.0 Å². The van der Waals surface area contributed by atoms with Crippen molar-refractivity contribution in [3.8, 4) is 28.5 Å². The number of pyridine rings is 1. The van der Waals surface area contributed by atoms with Gasteiger partial charge in [-0.2, -0.15) is 9.83 Å². The van der Waals surface area contributed by atoms with Gasteiger partial charge in [0, 0.05) is 34.9 Å². The first-order valence-electron chi connectivity index (χ1n) is 14.3. The third kappa shape index (κ3) is 3.44. The quantitative estimate of drug-likeness (QED) is 0.254. The molecule has 2 heterocycles. The Morgan fingerprint density at radius 2 is 1.63 bits per heavy atom. The zero-order chi connectivity index (χ0) is 29.4. The lowest BCUT2D eigenvalue weighted by Crippen LogP contribution is -2.37. The van der Waals surface area contributed by atoms with Crippen LogP contribution in [0.1, 0.15) is 60.1 Å². The Morgan fingerprint density at radius 3 is 2.29 bits per heavy atom. The van der Waals surface area contributed by atoms with Crippen LogP contribution in [0.2, 0.25) is 0 Å². The van der Waals surface area contributed by atoms with Crippen molar-refractivity contribution < 1.29 is 15.8 Å². The normalized spacial score (nSPS) is 13.5. The molecule has 3 nitrogen and oxygen atoms in total. The zero-order valence-electron chi connectivity index (χ0n) is 26.2. The lowest BCUT2D eigenvalue weighted by molar-refractivity contribution is -0.667. The highest BCUT2D eigenvalue weighted by atomic mass is 16.3. The molecule has 0 saturated heterocycles. The summed E-state index contributed by atoms with van der Waals surface area (Å²) >= 11 is 0. The summed E-state index contributed by atoms with van der Waals surface area (Å²) in [6.45, 7) is 12.4. The first-order valence-corrected chi connectivity index (χ1v) is 11.8. The summed E-state index contributed by atoms with van der Waals surface area (Å²) in [6, 6.07) is 8.22. The summed E-state index contributed by atoms with van der Waals surface area (Å²) in [5, 5.41) is 11.4. The second-order valence-corrected chi connectivity index (χ2v) is 9.59. The van der Waals surface area contributed by atoms with E-state index in [-0.39, 0.29) is 17.6 Å². The molecule has 2 aromatic heterocycles. The topological polar surface area (TPSA) is 40.8 Å². The van der Waals surface area contributed by atoms with E-state index in [2.05, 4.69) is 44.4 Å². The smallest absolute Gasteiger partial charge is 0.216 e. The van der Waals surface area contributed by atoms with Gasteiger partial charge in [0.25, 0.3) is 0 Å². The number of aryl methyl sites for hydroxylation is 3. The number of hydrogen-bond acceptors (Lipinski definition) is 2. The molecule has 0 unspecified atom stereocenters. The molecule has 3 heteroatoms. The lowest BCUT2D eigenvalue weighted by Gasteiger charge is -2.15. The Bertz CT molecular complexity index is 1920. The summed E-state index contributed by atoms with van der Waals surface area (Å²) in [7, 11) is 2.04. The molecule has 5 aromatic rings. The van der Waals surface area contributed by atoms with Crippen LogP contribution in [0, 0.1) is 39.0 Å². The Morgan fingerprint density at radius 1 is 0.914 bits per heavy atom. The molecule has 5 rings (SSSR count). The fraction of sp³-hybridized carbons (Fsp3) is 0.250. The maximum atomic E-state index is 10.1. The second kappa shape index (κ2) is 8.40. The molecular weight excluding hydrogens is 428 g/mol. The second-order valence-electron chi connectivity index (χ2n) is 9.59. The van der Waals surface area contributed by atoms with Gasteiger partial charge in [-0.25, -0.2) is 0 Å². The minimum Gasteiger partial charge on any atom is -0.454 e. The summed E-state index contributed by atoms with van der Waals surface area (Å²) in [5.74, 6) is 0.365. The number of rotatable bonds is 3. The van der Waals surface area contributed by atoms with E-state index in [0.29, 0.717) is 39.2 Å². The number of benzene rings is 3. The fourth-order valence-corrected chi connectivity index (χ4v) is 5.47. The largest absolute Gasteiger partial charge is 0.454 e. The van der Waals surface area contributed by atoms with Crippen LogP contribution < -0.4 is 4.57 Å². The maximum absolute atomic E-state index is 10.1. The van der Waals surface area contributed by atoms with Gasteiger partial charge in [-0.05, 0) is 55.0 Å². The van der Waals surface area contributed by atoms with Gasteiger partial charge in [0.15, 0.2) is 5.69 Å². The van der Waals surface area contributed by atoms with Crippen LogP contribution in [-0.2, 0) is 7.05 Å². The molecule has 0 saturated carbocycles. The number of nitrogens with zero attached hydrogens (tertiary/aromatic N) is 2. The average molecular weight is 465 g/mol. The molecule has 3 aromatic carbocycles. The molecule has 0 radical (unpaired) electrons. The van der Waals surface area contributed by atoms with Gasteiger partial charge in [-0.3, -0.25) is 0 Å². The van der Waals surface area contributed by atoms with Crippen LogP contribution >= 0.6 is 0 Å². The minimum atomic E-state index is -0.452. The lowest BCUT2D eigenvalue weighted by atomic mass is 9.92. The summed E-state index contributed by atoms with van der Waals surface area (Å²) in [4.78, 5) is 0. The minimum absolute atomic E-state index is 0.0637. The maximum Gasteiger partial charge on any atom is 0.216 e. The van der Waals surface area contributed by atoms with Crippen molar-refractivity contribution in [1.29, 1.82) is 5.26 Å². The molecule has 0 amide bonds. The molecule has 0 N–H and O–H groups in total. The third-order valence-electron chi connectivity index (χ3n) is 7.05. The summed E-state index contributed by atoms with van der Waals surface area (Å²) < 4.78 is 50.6. The highest BCUT2D eigenvalue weighted by Crippen LogP contribution is 2.43. The van der Waals surface area contributed by atoms with Crippen molar-refractivity contribution in [3.63, 3.8) is 0 Å². The molecule has 0 aliphatic heterocycles. The number of hydrogen-bond donors (Lipinski definition) is 0. The van der Waals surface area contributed by atoms with Crippen LogP contribution in [0.25, 0.3) is 44.3 Å². The van der Waals surface area contributed by atoms with Crippen molar-refractivity contribution in [2.75, 3.05) is 0 Å². The van der Waals surface area contributed by atoms with Gasteiger partial charge >= 0.3 is 0 Å². The van der Waals surface area contributed by atoms with E-state index in [1.807, 2.05) is 26.1 Å². The third-order valence-corrected chi connectivity index (χ3v) is 7.05. The van der Waals surface area contributed by atoms with E-state index < -0.39 is 18.1 Å². The molecule has 0 atom stereocenters. The zero-order valence-corrected chi connectivity index (χ0v) is 21.2. The standard InChI is InChI=1S/C32H31N2O/c1-18(2)27-21(5)16-26(34(7)22(27)6)29-19(3)13-14-25-30-24(17-33)15-20(4)28(32(30)35-31(25)29)23-11-9-8-10-12-23/h8-16,18H,1-7H3/q+1/i8D,9D,10D,11D,12D. The average Bonchev–Trinajstić information content (AvgIpc) is 3.28. The van der Waals surface area contributed by atoms with Gasteiger partial charge in [0.2, 0.25) is 5.69 Å². The SMILES string of the molecule is [2H]c1c([2H])c([2H])c(-c2c(C)cc(C#N)c3c2oc2c(-c4cc(C)c(C(C)C)c(C)[n+]4C)c(C)ccc23)c([2H])c1[2H]. The Hall–Kier alpha value is -3.90. The van der Waals surface area contributed by atoms with E-state index in [9.17, 15) is 5.26 Å². The Balaban J connectivity index is 1.99. The van der Waals surface area contributed by atoms with Gasteiger partial charge in [-0.1, -0.05) is 56.2 Å². The summed E-state index contributed by atoms with van der Waals surface area (Å²) in [6.07, 6.45) is 0. The molecule has 0 fully saturated rings. The van der Waals surface area contributed by atoms with E-state index in [4.69, 9.17) is 11.3 Å². The first kappa shape index (κ1) is 17.5. The highest BCUT2D eigenvalue weighted by molar-refractivity contribution is 6.15. The van der Waals surface area contributed by atoms with Crippen molar-refractivity contribution in [2.45, 2.75) is 47.5 Å². The highest BCUT2D eigenvalue weighted by Gasteiger charge is 2.27. The molecule has 35 heavy (non-hydrogen) atoms. The number of fused-ring (bicyclic) bond motifs is 3. The van der Waals surface area contributed by atoms with Crippen molar-refractivity contribution in [2.24, 2.45) is 7.05 Å². The fourth-order valence-electron chi connectivity index (χ4n) is 5.47. The number of aromatic nitrogens is 1. The monoisotopic (exact) mass is 464 g/mol. The molecule has 0 aliphatic carbocycles. The van der Waals surface area contributed by atoms with Crippen LogP contribution in [0.5, 0.6) is 0 Å². The molecular formula is C32H31N2O+. The van der Waals surface area contributed by atoms with Crippen LogP contribution in [0.4, 0.5) is 0 Å². The van der Waals surface area contributed by atoms with Crippen molar-refractivity contribution in [1.82, 2.24) is 0 Å². The van der Waals surface area contributed by atoms with Crippen LogP contribution in [0.3, 0.4) is 0 Å². The van der Waals surface area contributed by atoms with Crippen LogP contribution in [0.15, 0.2) is 58.9 Å². The van der Waals surface area contributed by atoms with Gasteiger partial charge in [0.1, 0.15) is 18.2 Å². The Kier molecular flexibility index (Phi) is 4.20. The molecule has 174 valence electrons. The molecule has 0 spiro atoms. The Labute approximate surface area is 214 Å². The first-order chi connectivity index (χ1) is 18.8. The van der Waals surface area contributed by atoms with E-state index in [1.165, 1.54) is 11.1 Å². The van der Waals surface area contributed by atoms with E-state index in [1.54, 1.807) is 13.0 Å². The van der Waals surface area contributed by atoms with Gasteiger partial charge < -0.3 is 4.42 Å². The van der Waals surface area contributed by atoms with E-state index >= 15 is 0 Å². The van der Waals surface area contributed by atoms with Crippen LogP contribution in [-0.4, -0.2) is 0 Å². The van der Waals surface area contributed by atoms with Gasteiger partial charge in [-0.15, -0.1) is 0 Å². The summed E-state index contributed by atoms with van der Waals surface area (Å²) in [5.41, 5.74) is 8.91. The molecule has 0 aliphatic rings. The van der Waals surface area contributed by atoms with Crippen molar-refractivity contribution >= 4 is 21.9 Å². The predicted molar refractivity (Wildman–Crippen MR) is 144 cm³/mol. The van der Waals surface area contributed by atoms with E-state index in [0.717, 1.165) is 27.9 Å². The molecule has 0 bridgehead atoms.